The molecule has 1 unspecified atom stereocenters. The SMILES string of the molecule is CCCCCCCCCCCCCCCCCCCC1N(CCCC)C=CN1CCCCCCCCCCCCCCCC. The lowest BCUT2D eigenvalue weighted by Gasteiger charge is -2.33. The molecule has 0 aromatic heterocycles. The molecule has 1 aliphatic rings. The molecule has 0 spiro atoms. The highest BCUT2D eigenvalue weighted by atomic mass is 15.4. The summed E-state index contributed by atoms with van der Waals surface area (Å²) in [5.41, 5.74) is 0. The van der Waals surface area contributed by atoms with Gasteiger partial charge >= 0.3 is 0 Å². The molecule has 0 N–H and O–H groups in total. The fraction of sp³-hybridized carbons (Fsp3) is 0.952. The lowest BCUT2D eigenvalue weighted by atomic mass is 10.0. The van der Waals surface area contributed by atoms with Crippen molar-refractivity contribution < 1.29 is 0 Å². The third kappa shape index (κ3) is 25.5. The van der Waals surface area contributed by atoms with E-state index in [1.165, 1.54) is 231 Å². The molecule has 44 heavy (non-hydrogen) atoms. The van der Waals surface area contributed by atoms with Gasteiger partial charge in [0.05, 0.1) is 0 Å². The van der Waals surface area contributed by atoms with Crippen LogP contribution in [0.5, 0.6) is 0 Å². The van der Waals surface area contributed by atoms with Crippen molar-refractivity contribution in [1.82, 2.24) is 9.80 Å². The third-order valence-electron chi connectivity index (χ3n) is 10.3. The summed E-state index contributed by atoms with van der Waals surface area (Å²) in [5, 5.41) is 0. The zero-order valence-corrected chi connectivity index (χ0v) is 31.1. The van der Waals surface area contributed by atoms with Crippen molar-refractivity contribution in [3.63, 3.8) is 0 Å². The van der Waals surface area contributed by atoms with Gasteiger partial charge in [0.15, 0.2) is 0 Å². The van der Waals surface area contributed by atoms with E-state index in [1.54, 1.807) is 0 Å². The molecule has 262 valence electrons. The maximum atomic E-state index is 2.70. The topological polar surface area (TPSA) is 6.48 Å². The maximum Gasteiger partial charge on any atom is 0.101 e. The van der Waals surface area contributed by atoms with Crippen LogP contribution in [0.4, 0.5) is 0 Å². The van der Waals surface area contributed by atoms with E-state index in [2.05, 4.69) is 43.0 Å². The van der Waals surface area contributed by atoms with Crippen molar-refractivity contribution in [3.8, 4) is 0 Å². The summed E-state index contributed by atoms with van der Waals surface area (Å²) in [5.74, 6) is 0. The van der Waals surface area contributed by atoms with Crippen LogP contribution in [0.1, 0.15) is 239 Å². The van der Waals surface area contributed by atoms with Crippen LogP contribution in [0.3, 0.4) is 0 Å². The largest absolute Gasteiger partial charge is 0.356 e. The summed E-state index contributed by atoms with van der Waals surface area (Å²) < 4.78 is 0. The molecular weight excluding hydrogens is 532 g/mol. The zero-order valence-electron chi connectivity index (χ0n) is 31.1. The van der Waals surface area contributed by atoms with Crippen LogP contribution in [0, 0.1) is 0 Å². The van der Waals surface area contributed by atoms with E-state index in [9.17, 15) is 0 Å². The molecule has 0 aromatic rings. The Bertz CT molecular complexity index is 572. The Labute approximate surface area is 280 Å². The molecule has 0 aromatic carbocycles. The molecule has 0 radical (unpaired) electrons. The van der Waals surface area contributed by atoms with Crippen LogP contribution in [0.15, 0.2) is 12.4 Å². The molecule has 2 heteroatoms. The highest BCUT2D eigenvalue weighted by Gasteiger charge is 2.24. The average molecular weight is 617 g/mol. The molecule has 1 aliphatic heterocycles. The quantitative estimate of drug-likeness (QED) is 0.0646. The molecule has 1 heterocycles. The number of nitrogens with zero attached hydrogens (tertiary/aromatic N) is 2. The molecule has 0 fully saturated rings. The van der Waals surface area contributed by atoms with Crippen molar-refractivity contribution in [1.29, 1.82) is 0 Å². The van der Waals surface area contributed by atoms with Crippen LogP contribution in [0.2, 0.25) is 0 Å². The second-order valence-electron chi connectivity index (χ2n) is 14.6. The lowest BCUT2D eigenvalue weighted by Crippen LogP contribution is -2.39. The first-order valence-electron chi connectivity index (χ1n) is 21.0. The summed E-state index contributed by atoms with van der Waals surface area (Å²) in [6.45, 7) is 9.46. The normalized spacial score (nSPS) is 14.8. The second kappa shape index (κ2) is 33.7. The smallest absolute Gasteiger partial charge is 0.101 e. The van der Waals surface area contributed by atoms with Crippen molar-refractivity contribution in [2.45, 2.75) is 245 Å². The van der Waals surface area contributed by atoms with Gasteiger partial charge in [-0.2, -0.15) is 0 Å². The van der Waals surface area contributed by atoms with Crippen molar-refractivity contribution in [3.05, 3.63) is 12.4 Å². The number of unbranched alkanes of at least 4 members (excludes halogenated alkanes) is 30. The van der Waals surface area contributed by atoms with E-state index in [4.69, 9.17) is 0 Å². The fourth-order valence-corrected chi connectivity index (χ4v) is 7.22. The van der Waals surface area contributed by atoms with E-state index < -0.39 is 0 Å². The monoisotopic (exact) mass is 617 g/mol. The van der Waals surface area contributed by atoms with Gasteiger partial charge in [-0.25, -0.2) is 0 Å². The molecule has 2 nitrogen and oxygen atoms in total. The first-order valence-corrected chi connectivity index (χ1v) is 21.0. The molecule has 0 saturated carbocycles. The minimum atomic E-state index is 0.639. The fourth-order valence-electron chi connectivity index (χ4n) is 7.22. The predicted molar refractivity (Wildman–Crippen MR) is 200 cm³/mol. The highest BCUT2D eigenvalue weighted by molar-refractivity contribution is 4.96. The number of hydrogen-bond donors (Lipinski definition) is 0. The van der Waals surface area contributed by atoms with E-state index in [-0.39, 0.29) is 0 Å². The zero-order chi connectivity index (χ0) is 31.6. The van der Waals surface area contributed by atoms with Crippen molar-refractivity contribution in [2.75, 3.05) is 13.1 Å². The Morgan fingerprint density at radius 2 is 0.545 bits per heavy atom. The van der Waals surface area contributed by atoms with Gasteiger partial charge in [-0.1, -0.05) is 213 Å². The highest BCUT2D eigenvalue weighted by Crippen LogP contribution is 2.24. The first kappa shape index (κ1) is 41.4. The summed E-state index contributed by atoms with van der Waals surface area (Å²) in [4.78, 5) is 5.36. The summed E-state index contributed by atoms with van der Waals surface area (Å²) in [6, 6.07) is 0. The van der Waals surface area contributed by atoms with Crippen LogP contribution in [-0.4, -0.2) is 29.1 Å². The van der Waals surface area contributed by atoms with Crippen LogP contribution < -0.4 is 0 Å². The van der Waals surface area contributed by atoms with Crippen LogP contribution >= 0.6 is 0 Å². The standard InChI is InChI=1S/C42H84N2/c1-4-7-10-12-14-16-18-20-22-23-24-25-27-29-31-33-35-37-42-43(38-9-6-3)40-41-44(42)39-36-34-32-30-28-26-21-19-17-15-13-11-8-5-2/h40-42H,4-39H2,1-3H3. The van der Waals surface area contributed by atoms with Crippen molar-refractivity contribution >= 4 is 0 Å². The van der Waals surface area contributed by atoms with Gasteiger partial charge in [0.1, 0.15) is 6.17 Å². The predicted octanol–water partition coefficient (Wildman–Crippen LogP) is 14.7. The molecule has 0 amide bonds. The van der Waals surface area contributed by atoms with Gasteiger partial charge in [0.2, 0.25) is 0 Å². The van der Waals surface area contributed by atoms with E-state index >= 15 is 0 Å². The van der Waals surface area contributed by atoms with E-state index in [0.717, 1.165) is 0 Å². The third-order valence-corrected chi connectivity index (χ3v) is 10.3. The minimum Gasteiger partial charge on any atom is -0.356 e. The van der Waals surface area contributed by atoms with Crippen molar-refractivity contribution in [2.24, 2.45) is 0 Å². The Morgan fingerprint density at radius 1 is 0.295 bits per heavy atom. The van der Waals surface area contributed by atoms with Crippen LogP contribution in [-0.2, 0) is 0 Å². The average Bonchev–Trinajstić information content (AvgIpc) is 3.42. The van der Waals surface area contributed by atoms with Gasteiger partial charge in [0.25, 0.3) is 0 Å². The first-order chi connectivity index (χ1) is 21.8. The van der Waals surface area contributed by atoms with E-state index in [0.29, 0.717) is 6.17 Å². The lowest BCUT2D eigenvalue weighted by molar-refractivity contribution is 0.136. The Morgan fingerprint density at radius 3 is 0.864 bits per heavy atom. The molecule has 0 aliphatic carbocycles. The van der Waals surface area contributed by atoms with Gasteiger partial charge in [0, 0.05) is 25.5 Å². The number of rotatable bonds is 36. The van der Waals surface area contributed by atoms with Gasteiger partial charge < -0.3 is 9.80 Å². The Kier molecular flexibility index (Phi) is 31.7. The molecular formula is C42H84N2. The summed E-state index contributed by atoms with van der Waals surface area (Å²) in [7, 11) is 0. The van der Waals surface area contributed by atoms with Gasteiger partial charge in [-0.3, -0.25) is 0 Å². The number of hydrogen-bond acceptors (Lipinski definition) is 2. The molecule has 1 rings (SSSR count). The van der Waals surface area contributed by atoms with Gasteiger partial charge in [-0.05, 0) is 25.7 Å². The summed E-state index contributed by atoms with van der Waals surface area (Å²) in [6.07, 6.45) is 54.5. The van der Waals surface area contributed by atoms with Gasteiger partial charge in [-0.15, -0.1) is 0 Å². The molecule has 1 atom stereocenters. The molecule has 0 saturated heterocycles. The summed E-state index contributed by atoms with van der Waals surface area (Å²) >= 11 is 0. The van der Waals surface area contributed by atoms with E-state index in [1.807, 2.05) is 0 Å². The Hall–Kier alpha value is -0.660. The Balaban J connectivity index is 2.00. The minimum absolute atomic E-state index is 0.639. The molecule has 0 bridgehead atoms. The second-order valence-corrected chi connectivity index (χ2v) is 14.6. The maximum absolute atomic E-state index is 2.70. The van der Waals surface area contributed by atoms with Crippen LogP contribution in [0.25, 0.3) is 0 Å².